The van der Waals surface area contributed by atoms with Crippen LogP contribution < -0.4 is 0 Å². The van der Waals surface area contributed by atoms with Crippen LogP contribution in [0.25, 0.3) is 5.69 Å². The van der Waals surface area contributed by atoms with Crippen LogP contribution in [0.15, 0.2) is 30.7 Å². The molecule has 0 N–H and O–H groups in total. The molecular weight excluding hydrogens is 186 g/mol. The van der Waals surface area contributed by atoms with Crippen LogP contribution in [0.5, 0.6) is 0 Å². The lowest BCUT2D eigenvalue weighted by molar-refractivity contribution is 0.774. The number of aromatic nitrogens is 3. The third-order valence-electron chi connectivity index (χ3n) is 2.46. The quantitative estimate of drug-likeness (QED) is 0.748. The SMILES string of the molecule is Cc1ncc(C(C)C)n1-c1cccnc1. The molecular formula is C12H15N3. The molecule has 0 aliphatic carbocycles. The molecule has 2 heterocycles. The van der Waals surface area contributed by atoms with Gasteiger partial charge in [0, 0.05) is 18.1 Å². The summed E-state index contributed by atoms with van der Waals surface area (Å²) in [4.78, 5) is 8.48. The third-order valence-corrected chi connectivity index (χ3v) is 2.46. The van der Waals surface area contributed by atoms with Gasteiger partial charge < -0.3 is 0 Å². The zero-order valence-electron chi connectivity index (χ0n) is 9.31. The number of hydrogen-bond donors (Lipinski definition) is 0. The molecule has 2 aromatic heterocycles. The van der Waals surface area contributed by atoms with Gasteiger partial charge in [-0.1, -0.05) is 13.8 Å². The van der Waals surface area contributed by atoms with Crippen LogP contribution in [0.2, 0.25) is 0 Å². The van der Waals surface area contributed by atoms with Crippen LogP contribution in [0.1, 0.15) is 31.3 Å². The Hall–Kier alpha value is -1.64. The summed E-state index contributed by atoms with van der Waals surface area (Å²) in [6.07, 6.45) is 5.58. The Morgan fingerprint density at radius 2 is 2.07 bits per heavy atom. The zero-order chi connectivity index (χ0) is 10.8. The maximum absolute atomic E-state index is 4.35. The number of hydrogen-bond acceptors (Lipinski definition) is 2. The zero-order valence-corrected chi connectivity index (χ0v) is 9.31. The predicted octanol–water partition coefficient (Wildman–Crippen LogP) is 2.70. The van der Waals surface area contributed by atoms with Crippen molar-refractivity contribution >= 4 is 0 Å². The first-order chi connectivity index (χ1) is 7.20. The van der Waals surface area contributed by atoms with Crippen LogP contribution in [-0.4, -0.2) is 14.5 Å². The van der Waals surface area contributed by atoms with E-state index in [9.17, 15) is 0 Å². The standard InChI is InChI=1S/C12H15N3/c1-9(2)12-8-14-10(3)15(12)11-5-4-6-13-7-11/h4-9H,1-3H3. The van der Waals surface area contributed by atoms with Crippen molar-refractivity contribution in [2.45, 2.75) is 26.7 Å². The van der Waals surface area contributed by atoms with Crippen LogP contribution in [-0.2, 0) is 0 Å². The van der Waals surface area contributed by atoms with E-state index in [-0.39, 0.29) is 0 Å². The smallest absolute Gasteiger partial charge is 0.110 e. The first-order valence-electron chi connectivity index (χ1n) is 5.15. The fraction of sp³-hybridized carbons (Fsp3) is 0.333. The van der Waals surface area contributed by atoms with Gasteiger partial charge in [0.05, 0.1) is 11.9 Å². The van der Waals surface area contributed by atoms with Gasteiger partial charge in [-0.2, -0.15) is 0 Å². The minimum Gasteiger partial charge on any atom is -0.299 e. The molecule has 0 amide bonds. The van der Waals surface area contributed by atoms with Crippen molar-refractivity contribution in [2.75, 3.05) is 0 Å². The lowest BCUT2D eigenvalue weighted by Crippen LogP contribution is -2.03. The predicted molar refractivity (Wildman–Crippen MR) is 60.2 cm³/mol. The largest absolute Gasteiger partial charge is 0.299 e. The highest BCUT2D eigenvalue weighted by Gasteiger charge is 2.11. The summed E-state index contributed by atoms with van der Waals surface area (Å²) >= 11 is 0. The first-order valence-corrected chi connectivity index (χ1v) is 5.15. The number of nitrogens with zero attached hydrogens (tertiary/aromatic N) is 3. The molecule has 2 rings (SSSR count). The molecule has 0 radical (unpaired) electrons. The Morgan fingerprint density at radius 3 is 2.67 bits per heavy atom. The molecule has 0 atom stereocenters. The van der Waals surface area contributed by atoms with Crippen molar-refractivity contribution in [2.24, 2.45) is 0 Å². The van der Waals surface area contributed by atoms with Gasteiger partial charge in [0.15, 0.2) is 0 Å². The summed E-state index contributed by atoms with van der Waals surface area (Å²) in [5.74, 6) is 1.47. The fourth-order valence-corrected chi connectivity index (χ4v) is 1.69. The first kappa shape index (κ1) is 9.90. The van der Waals surface area contributed by atoms with Gasteiger partial charge in [-0.15, -0.1) is 0 Å². The molecule has 2 aromatic rings. The Bertz CT molecular complexity index is 443. The molecule has 0 aliphatic rings. The molecule has 0 unspecified atom stereocenters. The topological polar surface area (TPSA) is 30.7 Å². The minimum absolute atomic E-state index is 0.464. The molecule has 78 valence electrons. The number of imidazole rings is 1. The second kappa shape index (κ2) is 3.85. The maximum atomic E-state index is 4.35. The van der Waals surface area contributed by atoms with Crippen molar-refractivity contribution in [3.8, 4) is 5.69 Å². The van der Waals surface area contributed by atoms with E-state index < -0.39 is 0 Å². The molecule has 0 fully saturated rings. The van der Waals surface area contributed by atoms with Crippen molar-refractivity contribution in [3.63, 3.8) is 0 Å². The maximum Gasteiger partial charge on any atom is 0.110 e. The average molecular weight is 201 g/mol. The molecule has 0 aliphatic heterocycles. The molecule has 0 aromatic carbocycles. The molecule has 15 heavy (non-hydrogen) atoms. The van der Waals surface area contributed by atoms with E-state index in [4.69, 9.17) is 0 Å². The van der Waals surface area contributed by atoms with Crippen LogP contribution >= 0.6 is 0 Å². The van der Waals surface area contributed by atoms with Crippen molar-refractivity contribution in [1.82, 2.24) is 14.5 Å². The van der Waals surface area contributed by atoms with E-state index in [0.29, 0.717) is 5.92 Å². The lowest BCUT2D eigenvalue weighted by Gasteiger charge is -2.11. The normalized spacial score (nSPS) is 10.9. The van der Waals surface area contributed by atoms with Crippen molar-refractivity contribution in [1.29, 1.82) is 0 Å². The van der Waals surface area contributed by atoms with Gasteiger partial charge in [0.2, 0.25) is 0 Å². The van der Waals surface area contributed by atoms with E-state index in [1.54, 1.807) is 6.20 Å². The average Bonchev–Trinajstić information content (AvgIpc) is 2.61. The molecule has 3 nitrogen and oxygen atoms in total. The summed E-state index contributed by atoms with van der Waals surface area (Å²) in [5.41, 5.74) is 2.30. The molecule has 0 spiro atoms. The van der Waals surface area contributed by atoms with E-state index in [1.165, 1.54) is 5.69 Å². The number of rotatable bonds is 2. The van der Waals surface area contributed by atoms with Crippen molar-refractivity contribution in [3.05, 3.63) is 42.2 Å². The van der Waals surface area contributed by atoms with Gasteiger partial charge in [0.25, 0.3) is 0 Å². The highest BCUT2D eigenvalue weighted by Crippen LogP contribution is 2.20. The molecule has 3 heteroatoms. The van der Waals surface area contributed by atoms with Gasteiger partial charge in [0.1, 0.15) is 5.82 Å². The summed E-state index contributed by atoms with van der Waals surface area (Å²) in [6, 6.07) is 3.99. The highest BCUT2D eigenvalue weighted by atomic mass is 15.1. The summed E-state index contributed by atoms with van der Waals surface area (Å²) in [6.45, 7) is 6.35. The Balaban J connectivity index is 2.57. The van der Waals surface area contributed by atoms with Crippen LogP contribution in [0.3, 0.4) is 0 Å². The van der Waals surface area contributed by atoms with E-state index in [1.807, 2.05) is 31.5 Å². The van der Waals surface area contributed by atoms with E-state index >= 15 is 0 Å². The lowest BCUT2D eigenvalue weighted by atomic mass is 10.1. The Labute approximate surface area is 89.8 Å². The highest BCUT2D eigenvalue weighted by molar-refractivity contribution is 5.33. The van der Waals surface area contributed by atoms with Gasteiger partial charge >= 0.3 is 0 Å². The number of aryl methyl sites for hydroxylation is 1. The van der Waals surface area contributed by atoms with Gasteiger partial charge in [-0.05, 0) is 25.0 Å². The molecule has 0 saturated heterocycles. The van der Waals surface area contributed by atoms with Crippen molar-refractivity contribution < 1.29 is 0 Å². The van der Waals surface area contributed by atoms with Gasteiger partial charge in [-0.3, -0.25) is 9.55 Å². The van der Waals surface area contributed by atoms with Gasteiger partial charge in [-0.25, -0.2) is 4.98 Å². The summed E-state index contributed by atoms with van der Waals surface area (Å²) < 4.78 is 2.15. The summed E-state index contributed by atoms with van der Waals surface area (Å²) in [5, 5.41) is 0. The Kier molecular flexibility index (Phi) is 2.54. The minimum atomic E-state index is 0.464. The van der Waals surface area contributed by atoms with E-state index in [2.05, 4.69) is 28.4 Å². The van der Waals surface area contributed by atoms with Crippen LogP contribution in [0.4, 0.5) is 0 Å². The fourth-order valence-electron chi connectivity index (χ4n) is 1.69. The Morgan fingerprint density at radius 1 is 1.27 bits per heavy atom. The monoisotopic (exact) mass is 201 g/mol. The van der Waals surface area contributed by atoms with Crippen LogP contribution in [0, 0.1) is 6.92 Å². The summed E-state index contributed by atoms with van der Waals surface area (Å²) in [7, 11) is 0. The molecule has 0 bridgehead atoms. The second-order valence-electron chi connectivity index (χ2n) is 3.93. The second-order valence-corrected chi connectivity index (χ2v) is 3.93. The third kappa shape index (κ3) is 1.77. The van der Waals surface area contributed by atoms with E-state index in [0.717, 1.165) is 11.5 Å². The number of pyridine rings is 1. The molecule has 0 saturated carbocycles.